The topological polar surface area (TPSA) is 92.7 Å². The highest BCUT2D eigenvalue weighted by atomic mass is 32.2. The second kappa shape index (κ2) is 11.8. The van der Waals surface area contributed by atoms with Crippen LogP contribution in [0, 0.1) is 6.92 Å². The van der Waals surface area contributed by atoms with Gasteiger partial charge in [0, 0.05) is 6.54 Å². The highest BCUT2D eigenvalue weighted by Crippen LogP contribution is 2.17. The number of hydrogen-bond acceptors (Lipinski definition) is 5. The van der Waals surface area contributed by atoms with Gasteiger partial charge in [-0.15, -0.1) is 0 Å². The lowest BCUT2D eigenvalue weighted by molar-refractivity contribution is -0.147. The first-order valence-corrected chi connectivity index (χ1v) is 11.3. The maximum atomic E-state index is 12.1. The van der Waals surface area contributed by atoms with E-state index in [-0.39, 0.29) is 30.4 Å². The van der Waals surface area contributed by atoms with Crippen LogP contribution in [-0.4, -0.2) is 25.0 Å². The zero-order chi connectivity index (χ0) is 22.3. The fraction of sp³-hybridized carbons (Fsp3) is 0.208. The number of rotatable bonds is 4. The summed E-state index contributed by atoms with van der Waals surface area (Å²) in [6.07, 6.45) is 0.698. The van der Waals surface area contributed by atoms with Crippen LogP contribution in [-0.2, 0) is 39.2 Å². The van der Waals surface area contributed by atoms with Crippen molar-refractivity contribution in [3.05, 3.63) is 101 Å². The summed E-state index contributed by atoms with van der Waals surface area (Å²) in [5, 5.41) is 3.24. The predicted molar refractivity (Wildman–Crippen MR) is 128 cm³/mol. The molecule has 32 heavy (non-hydrogen) atoms. The number of aryl methyl sites for hydroxylation is 1. The average molecular weight is 474 g/mol. The summed E-state index contributed by atoms with van der Waals surface area (Å²) in [4.78, 5) is 12.0. The molecule has 6 nitrogen and oxygen atoms in total. The van der Waals surface area contributed by atoms with Gasteiger partial charge in [0.15, 0.2) is 0 Å². The van der Waals surface area contributed by atoms with Gasteiger partial charge in [0.05, 0.1) is 4.90 Å². The monoisotopic (exact) mass is 473 g/mol. The standard InChI is InChI=1S/C17H17NO2.C7H8O3S.H2S/c19-17(20-12-13-6-2-1-3-7-13)16-10-14-8-4-5-9-15(14)11-18-16;1-6-2-4-7(5-3-6)11(8,9)10;/h1-9,16,18H,10-12H2;2-5H,1H3,(H,8,9,10);1H2/t16-;;/m0../s1. The van der Waals surface area contributed by atoms with Crippen LogP contribution in [0.5, 0.6) is 0 Å². The molecule has 0 aromatic heterocycles. The molecular formula is C24H27NO5S2. The fourth-order valence-corrected chi connectivity index (χ4v) is 3.64. The van der Waals surface area contributed by atoms with Crippen molar-refractivity contribution in [1.82, 2.24) is 5.32 Å². The number of ether oxygens (including phenoxy) is 1. The van der Waals surface area contributed by atoms with E-state index >= 15 is 0 Å². The van der Waals surface area contributed by atoms with Crippen molar-refractivity contribution in [1.29, 1.82) is 0 Å². The third-order valence-electron chi connectivity index (χ3n) is 4.91. The molecule has 1 aliphatic rings. The van der Waals surface area contributed by atoms with Crippen LogP contribution >= 0.6 is 13.5 Å². The first kappa shape index (κ1) is 25.6. The first-order valence-electron chi connectivity index (χ1n) is 9.88. The van der Waals surface area contributed by atoms with E-state index in [0.717, 1.165) is 17.7 Å². The van der Waals surface area contributed by atoms with Gasteiger partial charge in [-0.05, 0) is 42.2 Å². The lowest BCUT2D eigenvalue weighted by Gasteiger charge is -2.24. The maximum absolute atomic E-state index is 12.1. The molecule has 1 atom stereocenters. The van der Waals surface area contributed by atoms with E-state index in [4.69, 9.17) is 9.29 Å². The van der Waals surface area contributed by atoms with Gasteiger partial charge in [0.25, 0.3) is 10.1 Å². The largest absolute Gasteiger partial charge is 0.460 e. The van der Waals surface area contributed by atoms with E-state index in [2.05, 4.69) is 17.4 Å². The number of nitrogens with one attached hydrogen (secondary N) is 1. The second-order valence-corrected chi connectivity index (χ2v) is 8.71. The molecule has 0 spiro atoms. The quantitative estimate of drug-likeness (QED) is 0.442. The van der Waals surface area contributed by atoms with Crippen molar-refractivity contribution < 1.29 is 22.5 Å². The number of carbonyl (C=O) groups is 1. The molecule has 0 amide bonds. The molecule has 0 unspecified atom stereocenters. The molecule has 1 aliphatic heterocycles. The Morgan fingerprint density at radius 2 is 1.56 bits per heavy atom. The van der Waals surface area contributed by atoms with E-state index in [0.29, 0.717) is 13.0 Å². The Labute approximate surface area is 195 Å². The van der Waals surface area contributed by atoms with Crippen molar-refractivity contribution in [2.75, 3.05) is 0 Å². The Kier molecular flexibility index (Phi) is 9.46. The molecule has 0 saturated carbocycles. The normalized spacial score (nSPS) is 14.8. The molecule has 0 bridgehead atoms. The smallest absolute Gasteiger partial charge is 0.323 e. The molecule has 0 saturated heterocycles. The molecule has 170 valence electrons. The summed E-state index contributed by atoms with van der Waals surface area (Å²) in [6, 6.07) is 23.7. The van der Waals surface area contributed by atoms with Gasteiger partial charge in [-0.1, -0.05) is 72.3 Å². The lowest BCUT2D eigenvalue weighted by Crippen LogP contribution is -2.42. The van der Waals surface area contributed by atoms with Gasteiger partial charge in [-0.2, -0.15) is 21.9 Å². The minimum atomic E-state index is -4.02. The first-order chi connectivity index (χ1) is 14.8. The van der Waals surface area contributed by atoms with Gasteiger partial charge in [0.1, 0.15) is 12.6 Å². The predicted octanol–water partition coefficient (Wildman–Crippen LogP) is 3.80. The van der Waals surface area contributed by atoms with Crippen LogP contribution in [0.25, 0.3) is 0 Å². The van der Waals surface area contributed by atoms with E-state index in [1.807, 2.05) is 49.4 Å². The average Bonchev–Trinajstić information content (AvgIpc) is 2.78. The maximum Gasteiger partial charge on any atom is 0.323 e. The Balaban J connectivity index is 0.000000259. The van der Waals surface area contributed by atoms with Gasteiger partial charge in [0.2, 0.25) is 0 Å². The number of esters is 1. The molecule has 1 heterocycles. The summed E-state index contributed by atoms with van der Waals surface area (Å²) in [5.74, 6) is -0.177. The highest BCUT2D eigenvalue weighted by Gasteiger charge is 2.25. The summed E-state index contributed by atoms with van der Waals surface area (Å²) in [7, 11) is -4.02. The Morgan fingerprint density at radius 1 is 0.969 bits per heavy atom. The van der Waals surface area contributed by atoms with Crippen LogP contribution in [0.1, 0.15) is 22.3 Å². The van der Waals surface area contributed by atoms with Gasteiger partial charge >= 0.3 is 5.97 Å². The molecule has 3 aromatic rings. The third-order valence-corrected chi connectivity index (χ3v) is 5.78. The number of fused-ring (bicyclic) bond motifs is 1. The molecule has 0 fully saturated rings. The lowest BCUT2D eigenvalue weighted by atomic mass is 9.96. The fourth-order valence-electron chi connectivity index (χ4n) is 3.16. The van der Waals surface area contributed by atoms with Crippen LogP contribution in [0.4, 0.5) is 0 Å². The zero-order valence-corrected chi connectivity index (χ0v) is 19.5. The summed E-state index contributed by atoms with van der Waals surface area (Å²) < 4.78 is 34.9. The minimum absolute atomic E-state index is 0. The Bertz CT molecular complexity index is 1120. The van der Waals surface area contributed by atoms with Crippen molar-refractivity contribution in [2.45, 2.75) is 37.4 Å². The zero-order valence-electron chi connectivity index (χ0n) is 17.7. The summed E-state index contributed by atoms with van der Waals surface area (Å²) in [5.41, 5.74) is 4.46. The number of hydrogen-bond donors (Lipinski definition) is 2. The molecule has 3 aromatic carbocycles. The van der Waals surface area contributed by atoms with Crippen molar-refractivity contribution in [3.63, 3.8) is 0 Å². The minimum Gasteiger partial charge on any atom is -0.460 e. The van der Waals surface area contributed by atoms with Gasteiger partial charge in [-0.3, -0.25) is 9.35 Å². The number of carbonyl (C=O) groups excluding carboxylic acids is 1. The molecule has 4 rings (SSSR count). The Morgan fingerprint density at radius 3 is 2.19 bits per heavy atom. The van der Waals surface area contributed by atoms with Crippen molar-refractivity contribution in [2.24, 2.45) is 0 Å². The third kappa shape index (κ3) is 7.49. The van der Waals surface area contributed by atoms with E-state index < -0.39 is 10.1 Å². The summed E-state index contributed by atoms with van der Waals surface area (Å²) >= 11 is 0. The SMILES string of the molecule is Cc1ccc(S(=O)(=O)O)cc1.O=C(OCc1ccccc1)[C@@H]1Cc2ccccc2CN1.S. The van der Waals surface area contributed by atoms with E-state index in [9.17, 15) is 13.2 Å². The highest BCUT2D eigenvalue weighted by molar-refractivity contribution is 7.85. The van der Waals surface area contributed by atoms with Gasteiger partial charge < -0.3 is 10.1 Å². The summed E-state index contributed by atoms with van der Waals surface area (Å²) in [6.45, 7) is 2.90. The van der Waals surface area contributed by atoms with Crippen molar-refractivity contribution >= 4 is 29.6 Å². The van der Waals surface area contributed by atoms with Crippen LogP contribution in [0.15, 0.2) is 83.8 Å². The van der Waals surface area contributed by atoms with Crippen LogP contribution in [0.3, 0.4) is 0 Å². The van der Waals surface area contributed by atoms with Crippen LogP contribution < -0.4 is 5.32 Å². The molecule has 2 N–H and O–H groups in total. The van der Waals surface area contributed by atoms with E-state index in [1.54, 1.807) is 12.1 Å². The molecule has 0 aliphatic carbocycles. The van der Waals surface area contributed by atoms with E-state index in [1.165, 1.54) is 23.3 Å². The molecule has 8 heteroatoms. The Hall–Kier alpha value is -2.65. The number of benzene rings is 3. The van der Waals surface area contributed by atoms with Crippen LogP contribution in [0.2, 0.25) is 0 Å². The second-order valence-electron chi connectivity index (χ2n) is 7.29. The van der Waals surface area contributed by atoms with Gasteiger partial charge in [-0.25, -0.2) is 0 Å². The molecule has 0 radical (unpaired) electrons. The molecular weight excluding hydrogens is 446 g/mol. The van der Waals surface area contributed by atoms with Crippen molar-refractivity contribution in [3.8, 4) is 0 Å².